The van der Waals surface area contributed by atoms with Crippen LogP contribution in [0.4, 0.5) is 11.5 Å². The molecule has 2 aromatic rings. The molecule has 0 saturated carbocycles. The van der Waals surface area contributed by atoms with Gasteiger partial charge in [0.25, 0.3) is 0 Å². The molecule has 0 aliphatic carbocycles. The summed E-state index contributed by atoms with van der Waals surface area (Å²) in [6, 6.07) is 7.70. The van der Waals surface area contributed by atoms with Gasteiger partial charge in [-0.25, -0.2) is 9.97 Å². The SMILES string of the molecule is CCOc1ccccc1Nc1nc(Cl)ncc1C. The van der Waals surface area contributed by atoms with Crippen molar-refractivity contribution in [2.75, 3.05) is 11.9 Å². The number of aromatic nitrogens is 2. The van der Waals surface area contributed by atoms with Crippen LogP contribution in [-0.2, 0) is 0 Å². The maximum absolute atomic E-state index is 5.79. The predicted octanol–water partition coefficient (Wildman–Crippen LogP) is 3.58. The van der Waals surface area contributed by atoms with Gasteiger partial charge in [0.15, 0.2) is 0 Å². The van der Waals surface area contributed by atoms with E-state index in [2.05, 4.69) is 15.3 Å². The Morgan fingerprint density at radius 1 is 1.33 bits per heavy atom. The smallest absolute Gasteiger partial charge is 0.224 e. The van der Waals surface area contributed by atoms with Gasteiger partial charge in [0.05, 0.1) is 12.3 Å². The second kappa shape index (κ2) is 5.69. The van der Waals surface area contributed by atoms with Crippen molar-refractivity contribution in [2.45, 2.75) is 13.8 Å². The minimum Gasteiger partial charge on any atom is -0.492 e. The van der Waals surface area contributed by atoms with Crippen LogP contribution in [-0.4, -0.2) is 16.6 Å². The Balaban J connectivity index is 2.30. The van der Waals surface area contributed by atoms with Gasteiger partial charge < -0.3 is 10.1 Å². The molecule has 4 nitrogen and oxygen atoms in total. The summed E-state index contributed by atoms with van der Waals surface area (Å²) in [5.41, 5.74) is 1.78. The van der Waals surface area contributed by atoms with Gasteiger partial charge in [-0.2, -0.15) is 0 Å². The average molecular weight is 264 g/mol. The van der Waals surface area contributed by atoms with Crippen LogP contribution in [0.3, 0.4) is 0 Å². The molecule has 0 unspecified atom stereocenters. The van der Waals surface area contributed by atoms with Crippen molar-refractivity contribution in [1.29, 1.82) is 0 Å². The van der Waals surface area contributed by atoms with Crippen LogP contribution in [0.15, 0.2) is 30.5 Å². The minimum atomic E-state index is 0.219. The van der Waals surface area contributed by atoms with E-state index in [0.29, 0.717) is 12.4 Å². The molecule has 5 heteroatoms. The van der Waals surface area contributed by atoms with Crippen molar-refractivity contribution in [2.24, 2.45) is 0 Å². The third kappa shape index (κ3) is 2.90. The number of hydrogen-bond acceptors (Lipinski definition) is 4. The summed E-state index contributed by atoms with van der Waals surface area (Å²) in [5, 5.41) is 3.43. The van der Waals surface area contributed by atoms with Crippen LogP contribution in [0.5, 0.6) is 5.75 Å². The molecule has 0 aliphatic heterocycles. The van der Waals surface area contributed by atoms with Crippen molar-refractivity contribution < 1.29 is 4.74 Å². The molecule has 18 heavy (non-hydrogen) atoms. The van der Waals surface area contributed by atoms with Gasteiger partial charge in [0, 0.05) is 11.8 Å². The van der Waals surface area contributed by atoms with E-state index in [-0.39, 0.29) is 5.28 Å². The maximum Gasteiger partial charge on any atom is 0.224 e. The Hall–Kier alpha value is -1.81. The molecule has 0 saturated heterocycles. The molecule has 0 aliphatic rings. The summed E-state index contributed by atoms with van der Waals surface area (Å²) in [7, 11) is 0. The Kier molecular flexibility index (Phi) is 3.99. The van der Waals surface area contributed by atoms with Crippen molar-refractivity contribution >= 4 is 23.1 Å². The third-order valence-corrected chi connectivity index (χ3v) is 2.56. The summed E-state index contributed by atoms with van der Waals surface area (Å²) >= 11 is 5.79. The molecule has 2 rings (SSSR count). The Bertz CT molecular complexity index is 546. The van der Waals surface area contributed by atoms with E-state index >= 15 is 0 Å². The van der Waals surface area contributed by atoms with Crippen LogP contribution < -0.4 is 10.1 Å². The Morgan fingerprint density at radius 3 is 2.89 bits per heavy atom. The second-order valence-electron chi connectivity index (χ2n) is 3.72. The van der Waals surface area contributed by atoms with Crippen molar-refractivity contribution in [3.63, 3.8) is 0 Å². The molecule has 0 atom stereocenters. The van der Waals surface area contributed by atoms with E-state index in [1.807, 2.05) is 38.1 Å². The zero-order chi connectivity index (χ0) is 13.0. The quantitative estimate of drug-likeness (QED) is 0.857. The van der Waals surface area contributed by atoms with Gasteiger partial charge in [0.1, 0.15) is 11.6 Å². The lowest BCUT2D eigenvalue weighted by atomic mass is 10.2. The molecule has 0 spiro atoms. The summed E-state index contributed by atoms with van der Waals surface area (Å²) in [4.78, 5) is 8.08. The summed E-state index contributed by atoms with van der Waals surface area (Å²) < 4.78 is 5.54. The van der Waals surface area contributed by atoms with E-state index in [1.165, 1.54) is 0 Å². The molecule has 0 radical (unpaired) electrons. The van der Waals surface area contributed by atoms with Crippen LogP contribution in [0, 0.1) is 6.92 Å². The van der Waals surface area contributed by atoms with Gasteiger partial charge in [0.2, 0.25) is 5.28 Å². The Labute approximate surface area is 111 Å². The first-order chi connectivity index (χ1) is 8.70. The van der Waals surface area contributed by atoms with Crippen molar-refractivity contribution in [1.82, 2.24) is 9.97 Å². The second-order valence-corrected chi connectivity index (χ2v) is 4.06. The van der Waals surface area contributed by atoms with Gasteiger partial charge in [-0.05, 0) is 37.6 Å². The number of para-hydroxylation sites is 2. The zero-order valence-electron chi connectivity index (χ0n) is 10.3. The van der Waals surface area contributed by atoms with Crippen molar-refractivity contribution in [3.8, 4) is 5.75 Å². The van der Waals surface area contributed by atoms with Crippen LogP contribution in [0.25, 0.3) is 0 Å². The lowest BCUT2D eigenvalue weighted by Gasteiger charge is -2.12. The van der Waals surface area contributed by atoms with Crippen LogP contribution >= 0.6 is 11.6 Å². The first-order valence-electron chi connectivity index (χ1n) is 5.68. The van der Waals surface area contributed by atoms with Gasteiger partial charge >= 0.3 is 0 Å². The maximum atomic E-state index is 5.79. The number of rotatable bonds is 4. The highest BCUT2D eigenvalue weighted by molar-refractivity contribution is 6.28. The van der Waals surface area contributed by atoms with Gasteiger partial charge in [-0.1, -0.05) is 12.1 Å². The average Bonchev–Trinajstić information content (AvgIpc) is 2.36. The van der Waals surface area contributed by atoms with Crippen LogP contribution in [0.1, 0.15) is 12.5 Å². The lowest BCUT2D eigenvalue weighted by molar-refractivity contribution is 0.342. The van der Waals surface area contributed by atoms with E-state index < -0.39 is 0 Å². The van der Waals surface area contributed by atoms with E-state index in [1.54, 1.807) is 6.20 Å². The van der Waals surface area contributed by atoms with Gasteiger partial charge in [-0.15, -0.1) is 0 Å². The first-order valence-corrected chi connectivity index (χ1v) is 6.06. The molecule has 94 valence electrons. The number of ether oxygens (including phenoxy) is 1. The fraction of sp³-hybridized carbons (Fsp3) is 0.231. The number of nitrogens with one attached hydrogen (secondary N) is 1. The molecular formula is C13H14ClN3O. The monoisotopic (exact) mass is 263 g/mol. The number of anilines is 2. The number of hydrogen-bond donors (Lipinski definition) is 1. The third-order valence-electron chi connectivity index (χ3n) is 2.38. The summed E-state index contributed by atoms with van der Waals surface area (Å²) in [6.45, 7) is 4.48. The molecule has 1 aromatic carbocycles. The molecule has 0 amide bonds. The number of halogens is 1. The highest BCUT2D eigenvalue weighted by atomic mass is 35.5. The topological polar surface area (TPSA) is 47.0 Å². The summed E-state index contributed by atoms with van der Waals surface area (Å²) in [5.74, 6) is 1.47. The van der Waals surface area contributed by atoms with E-state index in [0.717, 1.165) is 17.0 Å². The van der Waals surface area contributed by atoms with Gasteiger partial charge in [-0.3, -0.25) is 0 Å². The first kappa shape index (κ1) is 12.6. The molecular weight excluding hydrogens is 250 g/mol. The zero-order valence-corrected chi connectivity index (χ0v) is 11.0. The Morgan fingerprint density at radius 2 is 2.11 bits per heavy atom. The molecule has 0 bridgehead atoms. The van der Waals surface area contributed by atoms with Crippen LogP contribution in [0.2, 0.25) is 5.28 Å². The van der Waals surface area contributed by atoms with E-state index in [9.17, 15) is 0 Å². The van der Waals surface area contributed by atoms with Crippen molar-refractivity contribution in [3.05, 3.63) is 41.3 Å². The number of nitrogens with zero attached hydrogens (tertiary/aromatic N) is 2. The predicted molar refractivity (Wildman–Crippen MR) is 72.7 cm³/mol. The number of benzene rings is 1. The lowest BCUT2D eigenvalue weighted by Crippen LogP contribution is -2.01. The highest BCUT2D eigenvalue weighted by Crippen LogP contribution is 2.28. The normalized spacial score (nSPS) is 10.2. The molecule has 1 aromatic heterocycles. The highest BCUT2D eigenvalue weighted by Gasteiger charge is 2.06. The van der Waals surface area contributed by atoms with E-state index in [4.69, 9.17) is 16.3 Å². The fourth-order valence-electron chi connectivity index (χ4n) is 1.53. The largest absolute Gasteiger partial charge is 0.492 e. The molecule has 1 heterocycles. The number of aryl methyl sites for hydroxylation is 1. The summed E-state index contributed by atoms with van der Waals surface area (Å²) in [6.07, 6.45) is 1.68. The fourth-order valence-corrected chi connectivity index (χ4v) is 1.66. The standard InChI is InChI=1S/C13H14ClN3O/c1-3-18-11-7-5-4-6-10(11)16-12-9(2)8-15-13(14)17-12/h4-8H,3H2,1-2H3,(H,15,16,17). The molecule has 1 N–H and O–H groups in total. The minimum absolute atomic E-state index is 0.219. The molecule has 0 fully saturated rings.